The maximum atomic E-state index is 12.7. The van der Waals surface area contributed by atoms with E-state index in [9.17, 15) is 4.79 Å². The van der Waals surface area contributed by atoms with Gasteiger partial charge in [0.1, 0.15) is 0 Å². The van der Waals surface area contributed by atoms with E-state index in [0.29, 0.717) is 17.3 Å². The van der Waals surface area contributed by atoms with Crippen LogP contribution in [0.1, 0.15) is 43.5 Å². The molecule has 1 amide bonds. The second-order valence-corrected chi connectivity index (χ2v) is 7.17. The van der Waals surface area contributed by atoms with Crippen LogP contribution in [0, 0.1) is 30.1 Å². The van der Waals surface area contributed by atoms with Crippen molar-refractivity contribution in [3.63, 3.8) is 0 Å². The molecule has 0 aromatic carbocycles. The predicted octanol–water partition coefficient (Wildman–Crippen LogP) is 2.51. The molecule has 21 heavy (non-hydrogen) atoms. The SMILES string of the molecule is Cc1nn(C)cc1C(C)NC(=O)C1CC2C=CC1C21CC1. The number of carbonyl (C=O) groups is 1. The van der Waals surface area contributed by atoms with E-state index >= 15 is 0 Å². The van der Waals surface area contributed by atoms with Crippen molar-refractivity contribution in [2.45, 2.75) is 39.2 Å². The lowest BCUT2D eigenvalue weighted by molar-refractivity contribution is -0.126. The summed E-state index contributed by atoms with van der Waals surface area (Å²) in [7, 11) is 1.92. The maximum absolute atomic E-state index is 12.7. The fraction of sp³-hybridized carbons (Fsp3) is 0.647. The molecular weight excluding hydrogens is 262 g/mol. The number of rotatable bonds is 3. The van der Waals surface area contributed by atoms with Crippen LogP contribution in [0.15, 0.2) is 18.3 Å². The Hall–Kier alpha value is -1.58. The molecule has 4 atom stereocenters. The first kappa shape index (κ1) is 13.1. The fourth-order valence-corrected chi connectivity index (χ4v) is 4.71. The zero-order chi connectivity index (χ0) is 14.8. The molecule has 4 rings (SSSR count). The first-order valence-corrected chi connectivity index (χ1v) is 8.00. The molecule has 2 fully saturated rings. The van der Waals surface area contributed by atoms with Gasteiger partial charge in [0.2, 0.25) is 5.91 Å². The van der Waals surface area contributed by atoms with Gasteiger partial charge in [-0.05, 0) is 50.4 Å². The van der Waals surface area contributed by atoms with Crippen LogP contribution in [0.4, 0.5) is 0 Å². The third kappa shape index (κ3) is 1.81. The van der Waals surface area contributed by atoms with Crippen molar-refractivity contribution >= 4 is 5.91 Å². The summed E-state index contributed by atoms with van der Waals surface area (Å²) in [6, 6.07) is 0.0319. The molecule has 1 spiro atoms. The number of nitrogens with one attached hydrogen (secondary N) is 1. The van der Waals surface area contributed by atoms with Gasteiger partial charge in [-0.2, -0.15) is 5.10 Å². The molecule has 4 unspecified atom stereocenters. The second kappa shape index (κ2) is 4.21. The van der Waals surface area contributed by atoms with Gasteiger partial charge in [-0.15, -0.1) is 0 Å². The van der Waals surface area contributed by atoms with Crippen molar-refractivity contribution in [2.75, 3.05) is 0 Å². The third-order valence-corrected chi connectivity index (χ3v) is 5.94. The fourth-order valence-electron chi connectivity index (χ4n) is 4.71. The van der Waals surface area contributed by atoms with Gasteiger partial charge >= 0.3 is 0 Å². The summed E-state index contributed by atoms with van der Waals surface area (Å²) < 4.78 is 1.81. The molecule has 2 bridgehead atoms. The zero-order valence-electron chi connectivity index (χ0n) is 13.0. The molecule has 1 heterocycles. The van der Waals surface area contributed by atoms with Gasteiger partial charge in [0.15, 0.2) is 0 Å². The van der Waals surface area contributed by atoms with E-state index in [-0.39, 0.29) is 17.9 Å². The molecule has 1 N–H and O–H groups in total. The Morgan fingerprint density at radius 3 is 2.81 bits per heavy atom. The van der Waals surface area contributed by atoms with Crippen LogP contribution in [0.2, 0.25) is 0 Å². The van der Waals surface area contributed by atoms with E-state index in [1.807, 2.05) is 24.9 Å². The van der Waals surface area contributed by atoms with Gasteiger partial charge in [-0.1, -0.05) is 12.2 Å². The summed E-state index contributed by atoms with van der Waals surface area (Å²) in [4.78, 5) is 12.7. The predicted molar refractivity (Wildman–Crippen MR) is 80.4 cm³/mol. The van der Waals surface area contributed by atoms with Crippen LogP contribution in [0.5, 0.6) is 0 Å². The van der Waals surface area contributed by atoms with Crippen LogP contribution in [0.25, 0.3) is 0 Å². The van der Waals surface area contributed by atoms with E-state index in [2.05, 4.69) is 29.5 Å². The first-order chi connectivity index (χ1) is 10.0. The quantitative estimate of drug-likeness (QED) is 0.867. The molecular formula is C17H23N3O. The van der Waals surface area contributed by atoms with Crippen molar-refractivity contribution in [1.29, 1.82) is 0 Å². The molecule has 0 saturated heterocycles. The number of allylic oxidation sites excluding steroid dienone is 2. The standard InChI is InChI=1S/C17H23N3O/c1-10(14-9-20(3)19-11(14)2)18-16(21)13-8-12-4-5-15(13)17(12)6-7-17/h4-5,9-10,12-13,15H,6-8H2,1-3H3,(H,18,21). The minimum Gasteiger partial charge on any atom is -0.349 e. The normalized spacial score (nSPS) is 32.6. The summed E-state index contributed by atoms with van der Waals surface area (Å²) in [5.41, 5.74) is 2.60. The number of hydrogen-bond donors (Lipinski definition) is 1. The Morgan fingerprint density at radius 2 is 2.24 bits per heavy atom. The minimum atomic E-state index is 0.0319. The Kier molecular flexibility index (Phi) is 2.63. The molecule has 1 aromatic heterocycles. The lowest BCUT2D eigenvalue weighted by Gasteiger charge is -2.22. The summed E-state index contributed by atoms with van der Waals surface area (Å²) in [6.45, 7) is 4.05. The number of amides is 1. The molecule has 1 aromatic rings. The third-order valence-electron chi connectivity index (χ3n) is 5.94. The van der Waals surface area contributed by atoms with Crippen LogP contribution >= 0.6 is 0 Å². The Labute approximate surface area is 125 Å². The zero-order valence-corrected chi connectivity index (χ0v) is 13.0. The lowest BCUT2D eigenvalue weighted by Crippen LogP contribution is -2.35. The average molecular weight is 285 g/mol. The Morgan fingerprint density at radius 1 is 1.48 bits per heavy atom. The Bertz CT molecular complexity index is 626. The molecule has 2 saturated carbocycles. The van der Waals surface area contributed by atoms with Gasteiger partial charge < -0.3 is 5.32 Å². The van der Waals surface area contributed by atoms with E-state index < -0.39 is 0 Å². The van der Waals surface area contributed by atoms with Gasteiger partial charge in [0, 0.05) is 24.7 Å². The molecule has 3 aliphatic carbocycles. The van der Waals surface area contributed by atoms with E-state index in [4.69, 9.17) is 0 Å². The van der Waals surface area contributed by atoms with Crippen molar-refractivity contribution < 1.29 is 4.79 Å². The number of aromatic nitrogens is 2. The molecule has 0 radical (unpaired) electrons. The maximum Gasteiger partial charge on any atom is 0.224 e. The van der Waals surface area contributed by atoms with Gasteiger partial charge in [-0.25, -0.2) is 0 Å². The van der Waals surface area contributed by atoms with Crippen molar-refractivity contribution in [1.82, 2.24) is 15.1 Å². The van der Waals surface area contributed by atoms with E-state index in [0.717, 1.165) is 17.7 Å². The van der Waals surface area contributed by atoms with Crippen LogP contribution in [-0.4, -0.2) is 15.7 Å². The minimum absolute atomic E-state index is 0.0319. The summed E-state index contributed by atoms with van der Waals surface area (Å²) in [5, 5.41) is 7.58. The first-order valence-electron chi connectivity index (χ1n) is 8.00. The van der Waals surface area contributed by atoms with E-state index in [1.165, 1.54) is 12.8 Å². The van der Waals surface area contributed by atoms with Gasteiger partial charge in [0.25, 0.3) is 0 Å². The summed E-state index contributed by atoms with van der Waals surface area (Å²) in [6.07, 6.45) is 10.4. The smallest absolute Gasteiger partial charge is 0.224 e. The van der Waals surface area contributed by atoms with Crippen molar-refractivity contribution in [3.05, 3.63) is 29.6 Å². The van der Waals surface area contributed by atoms with E-state index in [1.54, 1.807) is 0 Å². The molecule has 0 aliphatic heterocycles. The van der Waals surface area contributed by atoms with Crippen LogP contribution in [0.3, 0.4) is 0 Å². The summed E-state index contributed by atoms with van der Waals surface area (Å²) >= 11 is 0. The monoisotopic (exact) mass is 285 g/mol. The molecule has 4 heteroatoms. The number of aryl methyl sites for hydroxylation is 2. The summed E-state index contributed by atoms with van der Waals surface area (Å²) in [5.74, 6) is 1.56. The second-order valence-electron chi connectivity index (χ2n) is 7.17. The average Bonchev–Trinajstić information content (AvgIpc) is 2.97. The molecule has 3 aliphatic rings. The molecule has 4 nitrogen and oxygen atoms in total. The highest BCUT2D eigenvalue weighted by Gasteiger charge is 2.64. The van der Waals surface area contributed by atoms with Gasteiger partial charge in [0.05, 0.1) is 11.7 Å². The lowest BCUT2D eigenvalue weighted by atomic mass is 9.88. The highest BCUT2D eigenvalue weighted by molar-refractivity contribution is 5.81. The Balaban J connectivity index is 1.47. The number of carbonyl (C=O) groups excluding carboxylic acids is 1. The topological polar surface area (TPSA) is 46.9 Å². The largest absolute Gasteiger partial charge is 0.349 e. The van der Waals surface area contributed by atoms with Crippen LogP contribution < -0.4 is 5.32 Å². The number of nitrogens with zero attached hydrogens (tertiary/aromatic N) is 2. The highest BCUT2D eigenvalue weighted by atomic mass is 16.2. The number of hydrogen-bond acceptors (Lipinski definition) is 2. The highest BCUT2D eigenvalue weighted by Crippen LogP contribution is 2.70. The van der Waals surface area contributed by atoms with Crippen molar-refractivity contribution in [2.24, 2.45) is 30.2 Å². The van der Waals surface area contributed by atoms with Crippen molar-refractivity contribution in [3.8, 4) is 0 Å². The van der Waals surface area contributed by atoms with Gasteiger partial charge in [-0.3, -0.25) is 9.48 Å². The molecule has 112 valence electrons. The van der Waals surface area contributed by atoms with Crippen LogP contribution in [-0.2, 0) is 11.8 Å².